The van der Waals surface area contributed by atoms with Crippen molar-refractivity contribution in [3.05, 3.63) is 35.9 Å². The van der Waals surface area contributed by atoms with Crippen molar-refractivity contribution in [2.24, 2.45) is 0 Å². The lowest BCUT2D eigenvalue weighted by atomic mass is 10.1. The fourth-order valence-electron chi connectivity index (χ4n) is 1.83. The van der Waals surface area contributed by atoms with Gasteiger partial charge in [-0.3, -0.25) is 4.79 Å². The molecule has 1 aromatic carbocycles. The van der Waals surface area contributed by atoms with Gasteiger partial charge in [0.05, 0.1) is 6.04 Å². The van der Waals surface area contributed by atoms with Crippen LogP contribution in [0, 0.1) is 0 Å². The van der Waals surface area contributed by atoms with Gasteiger partial charge in [0.25, 0.3) is 0 Å². The molecule has 1 aromatic heterocycles. The number of thioether (sulfide) groups is 1. The number of nitrogens with zero attached hydrogens (tertiary/aromatic N) is 4. The second-order valence-corrected chi connectivity index (χ2v) is 5.59. The predicted molar refractivity (Wildman–Crippen MR) is 72.2 cm³/mol. The van der Waals surface area contributed by atoms with Gasteiger partial charge in [-0.15, -0.1) is 5.10 Å². The number of aromatic nitrogens is 4. The van der Waals surface area contributed by atoms with E-state index in [1.165, 1.54) is 0 Å². The van der Waals surface area contributed by atoms with Gasteiger partial charge in [0, 0.05) is 17.7 Å². The Hall–Kier alpha value is -1.69. The second-order valence-electron chi connectivity index (χ2n) is 4.52. The molecule has 0 atom stereocenters. The van der Waals surface area contributed by atoms with E-state index in [0.717, 1.165) is 23.6 Å². The Morgan fingerprint density at radius 2 is 2.11 bits per heavy atom. The molecule has 1 aliphatic rings. The Balaban J connectivity index is 1.53. The fraction of sp³-hybridized carbons (Fsp3) is 0.385. The van der Waals surface area contributed by atoms with E-state index in [-0.39, 0.29) is 5.78 Å². The first kappa shape index (κ1) is 12.3. The molecule has 98 valence electrons. The van der Waals surface area contributed by atoms with Crippen LogP contribution >= 0.6 is 11.8 Å². The van der Waals surface area contributed by atoms with Crippen molar-refractivity contribution >= 4 is 17.5 Å². The van der Waals surface area contributed by atoms with Crippen LogP contribution in [-0.4, -0.2) is 31.7 Å². The molecule has 5 nitrogen and oxygen atoms in total. The molecule has 0 spiro atoms. The topological polar surface area (TPSA) is 60.7 Å². The summed E-state index contributed by atoms with van der Waals surface area (Å²) >= 11 is 1.55. The van der Waals surface area contributed by atoms with Crippen LogP contribution in [0.3, 0.4) is 0 Å². The number of hydrogen-bond donors (Lipinski definition) is 0. The van der Waals surface area contributed by atoms with E-state index in [9.17, 15) is 4.79 Å². The Kier molecular flexibility index (Phi) is 3.59. The number of carbonyl (C=O) groups excluding carboxylic acids is 1. The molecule has 0 amide bonds. The molecule has 1 heterocycles. The van der Waals surface area contributed by atoms with Gasteiger partial charge in [-0.05, 0) is 23.3 Å². The average molecular weight is 274 g/mol. The summed E-state index contributed by atoms with van der Waals surface area (Å²) in [4.78, 5) is 11.9. The van der Waals surface area contributed by atoms with E-state index in [2.05, 4.69) is 15.5 Å². The van der Waals surface area contributed by atoms with Gasteiger partial charge in [-0.25, -0.2) is 4.68 Å². The molecule has 3 rings (SSSR count). The first-order chi connectivity index (χ1) is 9.34. The molecule has 6 heteroatoms. The first-order valence-electron chi connectivity index (χ1n) is 6.33. The van der Waals surface area contributed by atoms with Crippen molar-refractivity contribution in [3.8, 4) is 0 Å². The van der Waals surface area contributed by atoms with Gasteiger partial charge in [0.1, 0.15) is 0 Å². The molecule has 1 saturated carbocycles. The third-order valence-electron chi connectivity index (χ3n) is 3.01. The molecule has 0 bridgehead atoms. The highest BCUT2D eigenvalue weighted by Gasteiger charge is 2.27. The summed E-state index contributed by atoms with van der Waals surface area (Å²) in [7, 11) is 0. The number of ketones is 1. The van der Waals surface area contributed by atoms with E-state index >= 15 is 0 Å². The van der Waals surface area contributed by atoms with E-state index in [1.54, 1.807) is 11.8 Å². The smallest absolute Gasteiger partial charge is 0.209 e. The lowest BCUT2D eigenvalue weighted by molar-refractivity contribution is 0.0989. The summed E-state index contributed by atoms with van der Waals surface area (Å²) in [5.74, 6) is 0.874. The maximum Gasteiger partial charge on any atom is 0.209 e. The zero-order valence-electron chi connectivity index (χ0n) is 10.4. The zero-order chi connectivity index (χ0) is 13.1. The van der Waals surface area contributed by atoms with Crippen molar-refractivity contribution in [1.29, 1.82) is 0 Å². The monoisotopic (exact) mass is 274 g/mol. The summed E-state index contributed by atoms with van der Waals surface area (Å²) in [5, 5.41) is 12.5. The number of benzene rings is 1. The Morgan fingerprint density at radius 1 is 1.32 bits per heavy atom. The van der Waals surface area contributed by atoms with Crippen LogP contribution in [0.4, 0.5) is 0 Å². The molecule has 1 fully saturated rings. The number of carbonyl (C=O) groups is 1. The van der Waals surface area contributed by atoms with E-state index < -0.39 is 0 Å². The highest BCUT2D eigenvalue weighted by molar-refractivity contribution is 7.99. The Labute approximate surface area is 115 Å². The summed E-state index contributed by atoms with van der Waals surface area (Å²) in [5.41, 5.74) is 0.768. The molecule has 0 N–H and O–H groups in total. The largest absolute Gasteiger partial charge is 0.294 e. The Morgan fingerprint density at radius 3 is 2.84 bits per heavy atom. The van der Waals surface area contributed by atoms with Gasteiger partial charge < -0.3 is 0 Å². The van der Waals surface area contributed by atoms with Gasteiger partial charge >= 0.3 is 0 Å². The Bertz CT molecular complexity index is 565. The van der Waals surface area contributed by atoms with Crippen LogP contribution in [0.25, 0.3) is 0 Å². The van der Waals surface area contributed by atoms with E-state index in [4.69, 9.17) is 0 Å². The predicted octanol–water partition coefficient (Wildman–Crippen LogP) is 2.37. The molecule has 0 radical (unpaired) electrons. The van der Waals surface area contributed by atoms with Gasteiger partial charge in [-0.1, -0.05) is 42.1 Å². The molecular formula is C13H14N4OS. The molecule has 0 unspecified atom stereocenters. The third kappa shape index (κ3) is 3.01. The van der Waals surface area contributed by atoms with E-state index in [0.29, 0.717) is 18.2 Å². The molecule has 2 aromatic rings. The lowest BCUT2D eigenvalue weighted by Gasteiger charge is -2.02. The summed E-state index contributed by atoms with van der Waals surface area (Å²) < 4.78 is 1.87. The first-order valence-corrected chi connectivity index (χ1v) is 7.32. The van der Waals surface area contributed by atoms with Crippen LogP contribution in [0.15, 0.2) is 35.5 Å². The molecular weight excluding hydrogens is 260 g/mol. The zero-order valence-corrected chi connectivity index (χ0v) is 11.2. The summed E-state index contributed by atoms with van der Waals surface area (Å²) in [6.07, 6.45) is 2.81. The SMILES string of the molecule is O=C(CCSc1nnnn1C1CC1)c1ccccc1. The van der Waals surface area contributed by atoms with Crippen LogP contribution in [0.5, 0.6) is 0 Å². The standard InChI is InChI=1S/C13H14N4OS/c18-12(10-4-2-1-3-5-10)8-9-19-13-14-15-16-17(13)11-6-7-11/h1-5,11H,6-9H2. The summed E-state index contributed by atoms with van der Waals surface area (Å²) in [6.45, 7) is 0. The number of rotatable bonds is 6. The molecule has 1 aliphatic carbocycles. The van der Waals surface area contributed by atoms with Gasteiger partial charge in [0.15, 0.2) is 5.78 Å². The maximum absolute atomic E-state index is 11.9. The lowest BCUT2D eigenvalue weighted by Crippen LogP contribution is -2.02. The van der Waals surface area contributed by atoms with Crippen molar-refractivity contribution in [3.63, 3.8) is 0 Å². The minimum Gasteiger partial charge on any atom is -0.294 e. The van der Waals surface area contributed by atoms with Crippen LogP contribution < -0.4 is 0 Å². The van der Waals surface area contributed by atoms with Crippen molar-refractivity contribution in [2.75, 3.05) is 5.75 Å². The minimum absolute atomic E-state index is 0.165. The van der Waals surface area contributed by atoms with Crippen molar-refractivity contribution in [2.45, 2.75) is 30.5 Å². The number of tetrazole rings is 1. The van der Waals surface area contributed by atoms with Crippen molar-refractivity contribution < 1.29 is 4.79 Å². The van der Waals surface area contributed by atoms with Gasteiger partial charge in [0.2, 0.25) is 5.16 Å². The average Bonchev–Trinajstić information content (AvgIpc) is 3.19. The summed E-state index contributed by atoms with van der Waals surface area (Å²) in [6, 6.07) is 9.85. The highest BCUT2D eigenvalue weighted by Crippen LogP contribution is 2.36. The van der Waals surface area contributed by atoms with Crippen molar-refractivity contribution in [1.82, 2.24) is 20.2 Å². The normalized spacial score (nSPS) is 14.5. The van der Waals surface area contributed by atoms with Crippen LogP contribution in [-0.2, 0) is 0 Å². The highest BCUT2D eigenvalue weighted by atomic mass is 32.2. The van der Waals surface area contributed by atoms with Crippen LogP contribution in [0.1, 0.15) is 35.7 Å². The fourth-order valence-corrected chi connectivity index (χ4v) is 2.71. The second kappa shape index (κ2) is 5.52. The quantitative estimate of drug-likeness (QED) is 0.598. The minimum atomic E-state index is 0.165. The molecule has 0 aliphatic heterocycles. The molecule has 0 saturated heterocycles. The van der Waals surface area contributed by atoms with Gasteiger partial charge in [-0.2, -0.15) is 0 Å². The van der Waals surface area contributed by atoms with E-state index in [1.807, 2.05) is 35.0 Å². The van der Waals surface area contributed by atoms with Crippen LogP contribution in [0.2, 0.25) is 0 Å². The molecule has 19 heavy (non-hydrogen) atoms. The maximum atomic E-state index is 11.9. The third-order valence-corrected chi connectivity index (χ3v) is 3.95. The number of hydrogen-bond acceptors (Lipinski definition) is 5. The number of Topliss-reactive ketones (excluding diaryl/α,β-unsaturated/α-hetero) is 1.